The van der Waals surface area contributed by atoms with Gasteiger partial charge in [0.1, 0.15) is 0 Å². The highest BCUT2D eigenvalue weighted by Gasteiger charge is 2.26. The molecule has 0 unspecified atom stereocenters. The first-order chi connectivity index (χ1) is 9.04. The molecule has 6 heteroatoms. The summed E-state index contributed by atoms with van der Waals surface area (Å²) in [4.78, 5) is 2.51. The van der Waals surface area contributed by atoms with Crippen LogP contribution in [0, 0.1) is 0 Å². The van der Waals surface area contributed by atoms with E-state index in [0.29, 0.717) is 24.5 Å². The van der Waals surface area contributed by atoms with Crippen molar-refractivity contribution in [3.8, 4) is 0 Å². The van der Waals surface area contributed by atoms with Crippen molar-refractivity contribution < 1.29 is 8.42 Å². The first kappa shape index (κ1) is 14.5. The van der Waals surface area contributed by atoms with Gasteiger partial charge in [0, 0.05) is 26.2 Å². The Hall–Kier alpha value is -0.950. The second kappa shape index (κ2) is 6.00. The molecule has 1 aromatic carbocycles. The molecule has 1 aliphatic heterocycles. The number of hydrogen-bond acceptors (Lipinski definition) is 4. The summed E-state index contributed by atoms with van der Waals surface area (Å²) >= 11 is 0. The topological polar surface area (TPSA) is 66.6 Å². The quantitative estimate of drug-likeness (QED) is 0.876. The molecular formula is C13H21N3O2S. The zero-order chi connectivity index (χ0) is 13.9. The van der Waals surface area contributed by atoms with Crippen LogP contribution in [-0.4, -0.2) is 50.8 Å². The molecule has 0 atom stereocenters. The Bertz CT molecular complexity index is 530. The van der Waals surface area contributed by atoms with Crippen LogP contribution in [0.5, 0.6) is 0 Å². The first-order valence-corrected chi connectivity index (χ1v) is 7.96. The molecule has 1 fully saturated rings. The normalized spacial score (nSPS) is 19.3. The number of nitrogens with two attached hydrogens (primary N) is 1. The maximum absolute atomic E-state index is 12.6. The van der Waals surface area contributed by atoms with Crippen molar-refractivity contribution in [2.75, 3.05) is 33.2 Å². The molecule has 0 radical (unpaired) electrons. The van der Waals surface area contributed by atoms with E-state index < -0.39 is 10.0 Å². The third kappa shape index (κ3) is 3.33. The molecule has 0 bridgehead atoms. The maximum Gasteiger partial charge on any atom is 0.243 e. The van der Waals surface area contributed by atoms with Gasteiger partial charge in [-0.15, -0.1) is 0 Å². The van der Waals surface area contributed by atoms with Gasteiger partial charge in [-0.3, -0.25) is 0 Å². The zero-order valence-electron chi connectivity index (χ0n) is 11.2. The standard InChI is InChI=1S/C13H21N3O2S/c1-15-6-3-7-16(9-8-15)19(17,18)13-5-2-4-12(10-13)11-14/h2,4-5,10H,3,6-9,11,14H2,1H3. The summed E-state index contributed by atoms with van der Waals surface area (Å²) in [6.45, 7) is 3.20. The SMILES string of the molecule is CN1CCCN(S(=O)(=O)c2cccc(CN)c2)CC1. The van der Waals surface area contributed by atoms with E-state index in [9.17, 15) is 8.42 Å². The molecule has 0 aliphatic carbocycles. The summed E-state index contributed by atoms with van der Waals surface area (Å²) in [7, 11) is -1.37. The Morgan fingerprint density at radius 3 is 2.74 bits per heavy atom. The van der Waals surface area contributed by atoms with Gasteiger partial charge in [0.15, 0.2) is 0 Å². The van der Waals surface area contributed by atoms with Crippen molar-refractivity contribution in [3.05, 3.63) is 29.8 Å². The first-order valence-electron chi connectivity index (χ1n) is 6.52. The summed E-state index contributed by atoms with van der Waals surface area (Å²) in [6, 6.07) is 6.90. The zero-order valence-corrected chi connectivity index (χ0v) is 12.1. The number of benzene rings is 1. The van der Waals surface area contributed by atoms with Crippen LogP contribution < -0.4 is 5.73 Å². The third-order valence-corrected chi connectivity index (χ3v) is 5.35. The van der Waals surface area contributed by atoms with Crippen LogP contribution in [0.25, 0.3) is 0 Å². The predicted molar refractivity (Wildman–Crippen MR) is 75.2 cm³/mol. The molecule has 1 aromatic rings. The van der Waals surface area contributed by atoms with Crippen LogP contribution in [0.4, 0.5) is 0 Å². The van der Waals surface area contributed by atoms with E-state index in [0.717, 1.165) is 25.1 Å². The molecule has 0 aromatic heterocycles. The molecule has 106 valence electrons. The van der Waals surface area contributed by atoms with Crippen molar-refractivity contribution in [3.63, 3.8) is 0 Å². The number of likely N-dealkylation sites (N-methyl/N-ethyl adjacent to an activating group) is 1. The lowest BCUT2D eigenvalue weighted by atomic mass is 10.2. The smallest absolute Gasteiger partial charge is 0.243 e. The van der Waals surface area contributed by atoms with Crippen molar-refractivity contribution >= 4 is 10.0 Å². The molecule has 0 saturated carbocycles. The summed E-state index contributed by atoms with van der Waals surface area (Å²) < 4.78 is 26.7. The number of hydrogen-bond donors (Lipinski definition) is 1. The number of nitrogens with zero attached hydrogens (tertiary/aromatic N) is 2. The van der Waals surface area contributed by atoms with Gasteiger partial charge in [0.2, 0.25) is 10.0 Å². The summed E-state index contributed by atoms with van der Waals surface area (Å²) in [6.07, 6.45) is 0.867. The van der Waals surface area contributed by atoms with Gasteiger partial charge >= 0.3 is 0 Å². The van der Waals surface area contributed by atoms with Gasteiger partial charge in [-0.25, -0.2) is 8.42 Å². The minimum Gasteiger partial charge on any atom is -0.326 e. The molecule has 1 saturated heterocycles. The molecule has 1 heterocycles. The van der Waals surface area contributed by atoms with Crippen LogP contribution in [0.3, 0.4) is 0 Å². The average Bonchev–Trinajstić information content (AvgIpc) is 2.64. The Kier molecular flexibility index (Phi) is 4.57. The molecular weight excluding hydrogens is 262 g/mol. The van der Waals surface area contributed by atoms with E-state index in [-0.39, 0.29) is 0 Å². The van der Waals surface area contributed by atoms with Crippen LogP contribution in [-0.2, 0) is 16.6 Å². The predicted octanol–water partition coefficient (Wildman–Crippen LogP) is 0.472. The monoisotopic (exact) mass is 283 g/mol. The maximum atomic E-state index is 12.6. The lowest BCUT2D eigenvalue weighted by molar-refractivity contribution is 0.347. The van der Waals surface area contributed by atoms with Crippen molar-refractivity contribution in [2.45, 2.75) is 17.9 Å². The van der Waals surface area contributed by atoms with Gasteiger partial charge in [-0.1, -0.05) is 12.1 Å². The molecule has 0 amide bonds. The largest absolute Gasteiger partial charge is 0.326 e. The second-order valence-corrected chi connectivity index (χ2v) is 6.85. The van der Waals surface area contributed by atoms with Gasteiger partial charge in [0.05, 0.1) is 4.90 Å². The third-order valence-electron chi connectivity index (χ3n) is 3.45. The fourth-order valence-corrected chi connectivity index (χ4v) is 3.79. The van der Waals surface area contributed by atoms with Crippen LogP contribution in [0.15, 0.2) is 29.2 Å². The Morgan fingerprint density at radius 1 is 1.21 bits per heavy atom. The minimum atomic E-state index is -3.39. The Balaban J connectivity index is 2.25. The van der Waals surface area contributed by atoms with E-state index in [1.807, 2.05) is 13.1 Å². The highest BCUT2D eigenvalue weighted by molar-refractivity contribution is 7.89. The molecule has 5 nitrogen and oxygen atoms in total. The van der Waals surface area contributed by atoms with E-state index in [1.165, 1.54) is 0 Å². The van der Waals surface area contributed by atoms with Crippen molar-refractivity contribution in [1.29, 1.82) is 0 Å². The van der Waals surface area contributed by atoms with Gasteiger partial charge in [-0.2, -0.15) is 4.31 Å². The van der Waals surface area contributed by atoms with E-state index in [4.69, 9.17) is 5.73 Å². The van der Waals surface area contributed by atoms with Crippen LogP contribution >= 0.6 is 0 Å². The van der Waals surface area contributed by atoms with Gasteiger partial charge < -0.3 is 10.6 Å². The van der Waals surface area contributed by atoms with Gasteiger partial charge in [-0.05, 0) is 37.7 Å². The number of sulfonamides is 1. The summed E-state index contributed by atoms with van der Waals surface area (Å²) in [5.74, 6) is 0. The fourth-order valence-electron chi connectivity index (χ4n) is 2.25. The highest BCUT2D eigenvalue weighted by Crippen LogP contribution is 2.18. The van der Waals surface area contributed by atoms with E-state index in [1.54, 1.807) is 22.5 Å². The fraction of sp³-hybridized carbons (Fsp3) is 0.538. The summed E-state index contributed by atoms with van der Waals surface area (Å²) in [5, 5.41) is 0. The highest BCUT2D eigenvalue weighted by atomic mass is 32.2. The molecule has 19 heavy (non-hydrogen) atoms. The Labute approximate surface area is 115 Å². The van der Waals surface area contributed by atoms with E-state index >= 15 is 0 Å². The molecule has 2 rings (SSSR count). The van der Waals surface area contributed by atoms with Crippen LogP contribution in [0.2, 0.25) is 0 Å². The second-order valence-electron chi connectivity index (χ2n) is 4.91. The van der Waals surface area contributed by atoms with Gasteiger partial charge in [0.25, 0.3) is 0 Å². The number of rotatable bonds is 3. The average molecular weight is 283 g/mol. The minimum absolute atomic E-state index is 0.347. The lowest BCUT2D eigenvalue weighted by Crippen LogP contribution is -2.34. The summed E-state index contributed by atoms with van der Waals surface area (Å²) in [5.41, 5.74) is 6.41. The Morgan fingerprint density at radius 2 is 2.00 bits per heavy atom. The molecule has 0 spiro atoms. The lowest BCUT2D eigenvalue weighted by Gasteiger charge is -2.20. The van der Waals surface area contributed by atoms with E-state index in [2.05, 4.69) is 4.90 Å². The molecule has 1 aliphatic rings. The van der Waals surface area contributed by atoms with Crippen molar-refractivity contribution in [2.24, 2.45) is 5.73 Å². The molecule has 2 N–H and O–H groups in total. The van der Waals surface area contributed by atoms with Crippen LogP contribution in [0.1, 0.15) is 12.0 Å². The van der Waals surface area contributed by atoms with Crippen molar-refractivity contribution in [1.82, 2.24) is 9.21 Å².